The average molecular weight is 739 g/mol. The molecule has 0 bridgehead atoms. The fourth-order valence-corrected chi connectivity index (χ4v) is 6.40. The number of fused-ring (bicyclic) bond motifs is 1. The first-order valence-electron chi connectivity index (χ1n) is 14.8. The summed E-state index contributed by atoms with van der Waals surface area (Å²) in [5.41, 5.74) is 8.96. The highest BCUT2D eigenvalue weighted by atomic mass is 127. The number of halogens is 1. The summed E-state index contributed by atoms with van der Waals surface area (Å²) in [4.78, 5) is 17.5. The second kappa shape index (κ2) is 14.6. The van der Waals surface area contributed by atoms with Gasteiger partial charge in [0, 0.05) is 22.2 Å². The SMILES string of the molecule is CCOc1cc(/C=N\NC(=O)c2ccc(-c3csc(Nc4ccc(C)cc4)n3)cc2)cc(I)c1OCc1cccc2ccccc12. The first kappa shape index (κ1) is 31.3. The van der Waals surface area contributed by atoms with Gasteiger partial charge in [-0.2, -0.15) is 5.10 Å². The summed E-state index contributed by atoms with van der Waals surface area (Å²) in [5, 5.41) is 12.7. The van der Waals surface area contributed by atoms with Crippen molar-refractivity contribution in [1.29, 1.82) is 0 Å². The predicted octanol–water partition coefficient (Wildman–Crippen LogP) is 9.36. The van der Waals surface area contributed by atoms with Crippen LogP contribution in [0.2, 0.25) is 0 Å². The number of amides is 1. The van der Waals surface area contributed by atoms with Crippen molar-refractivity contribution in [2.75, 3.05) is 11.9 Å². The predicted molar refractivity (Wildman–Crippen MR) is 196 cm³/mol. The smallest absolute Gasteiger partial charge is 0.271 e. The number of hydrogen-bond donors (Lipinski definition) is 2. The van der Waals surface area contributed by atoms with Crippen LogP contribution in [0.25, 0.3) is 22.0 Å². The monoisotopic (exact) mass is 738 g/mol. The molecule has 5 aromatic carbocycles. The summed E-state index contributed by atoms with van der Waals surface area (Å²) in [6.07, 6.45) is 1.60. The van der Waals surface area contributed by atoms with Gasteiger partial charge in [0.15, 0.2) is 16.6 Å². The van der Waals surface area contributed by atoms with Crippen molar-refractivity contribution in [3.8, 4) is 22.8 Å². The van der Waals surface area contributed by atoms with Crippen molar-refractivity contribution in [2.24, 2.45) is 5.10 Å². The molecule has 230 valence electrons. The van der Waals surface area contributed by atoms with E-state index in [1.807, 2.05) is 66.9 Å². The van der Waals surface area contributed by atoms with E-state index in [1.165, 1.54) is 22.3 Å². The second-order valence-electron chi connectivity index (χ2n) is 10.5. The normalized spacial score (nSPS) is 11.1. The van der Waals surface area contributed by atoms with Crippen LogP contribution < -0.4 is 20.2 Å². The summed E-state index contributed by atoms with van der Waals surface area (Å²) in [7, 11) is 0. The van der Waals surface area contributed by atoms with Gasteiger partial charge in [0.1, 0.15) is 6.61 Å². The molecule has 0 spiro atoms. The molecule has 0 aliphatic rings. The molecule has 1 aromatic heterocycles. The fraction of sp³-hybridized carbons (Fsp3) is 0.108. The van der Waals surface area contributed by atoms with Crippen molar-refractivity contribution < 1.29 is 14.3 Å². The molecular formula is C37H31IN4O3S. The molecule has 2 N–H and O–H groups in total. The summed E-state index contributed by atoms with van der Waals surface area (Å²) in [6, 6.07) is 33.8. The van der Waals surface area contributed by atoms with Gasteiger partial charge in [-0.15, -0.1) is 11.3 Å². The van der Waals surface area contributed by atoms with Crippen LogP contribution in [-0.2, 0) is 6.61 Å². The van der Waals surface area contributed by atoms with Crippen molar-refractivity contribution >= 4 is 67.6 Å². The Balaban J connectivity index is 1.08. The Morgan fingerprint density at radius 1 is 0.957 bits per heavy atom. The van der Waals surface area contributed by atoms with Gasteiger partial charge in [0.05, 0.1) is 22.1 Å². The van der Waals surface area contributed by atoms with E-state index >= 15 is 0 Å². The standard InChI is InChI=1S/C37H31IN4O3S/c1-3-44-34-20-25(19-32(38)35(34)45-22-29-9-6-8-26-7-4-5-10-31(26)29)21-39-42-36(43)28-15-13-27(14-16-28)33-23-46-37(41-33)40-30-17-11-24(2)12-18-30/h4-21,23H,3,22H2,1-2H3,(H,40,41)(H,42,43)/b39-21-. The number of nitrogens with one attached hydrogen (secondary N) is 2. The van der Waals surface area contributed by atoms with E-state index in [1.54, 1.807) is 18.3 Å². The summed E-state index contributed by atoms with van der Waals surface area (Å²) >= 11 is 3.77. The van der Waals surface area contributed by atoms with Crippen LogP contribution in [0.5, 0.6) is 11.5 Å². The molecule has 0 fully saturated rings. The zero-order valence-electron chi connectivity index (χ0n) is 25.3. The third-order valence-electron chi connectivity index (χ3n) is 7.21. The largest absolute Gasteiger partial charge is 0.490 e. The summed E-state index contributed by atoms with van der Waals surface area (Å²) in [5.74, 6) is 0.990. The average Bonchev–Trinajstić information content (AvgIpc) is 3.54. The number of ether oxygens (including phenoxy) is 2. The van der Waals surface area contributed by atoms with Crippen molar-refractivity contribution in [3.63, 3.8) is 0 Å². The van der Waals surface area contributed by atoms with Crippen LogP contribution in [0.4, 0.5) is 10.8 Å². The number of benzene rings is 5. The van der Waals surface area contributed by atoms with Crippen LogP contribution in [0.15, 0.2) is 114 Å². The summed E-state index contributed by atoms with van der Waals surface area (Å²) in [6.45, 7) is 4.89. The van der Waals surface area contributed by atoms with Gasteiger partial charge >= 0.3 is 0 Å². The highest BCUT2D eigenvalue weighted by Gasteiger charge is 2.14. The van der Waals surface area contributed by atoms with Crippen LogP contribution >= 0.6 is 33.9 Å². The number of thiazole rings is 1. The van der Waals surface area contributed by atoms with Gasteiger partial charge in [0.2, 0.25) is 0 Å². The lowest BCUT2D eigenvalue weighted by atomic mass is 10.1. The lowest BCUT2D eigenvalue weighted by molar-refractivity contribution is 0.0955. The van der Waals surface area contributed by atoms with Crippen LogP contribution in [0, 0.1) is 10.5 Å². The van der Waals surface area contributed by atoms with Crippen LogP contribution in [0.3, 0.4) is 0 Å². The molecule has 0 aliphatic heterocycles. The number of aromatic nitrogens is 1. The third kappa shape index (κ3) is 7.55. The van der Waals surface area contributed by atoms with Gasteiger partial charge < -0.3 is 14.8 Å². The first-order chi connectivity index (χ1) is 22.5. The number of nitrogens with zero attached hydrogens (tertiary/aromatic N) is 2. The van der Waals surface area contributed by atoms with E-state index < -0.39 is 0 Å². The second-order valence-corrected chi connectivity index (χ2v) is 12.5. The molecule has 0 unspecified atom stereocenters. The maximum absolute atomic E-state index is 12.8. The first-order valence-corrected chi connectivity index (χ1v) is 16.7. The van der Waals surface area contributed by atoms with E-state index in [9.17, 15) is 4.79 Å². The lowest BCUT2D eigenvalue weighted by Crippen LogP contribution is -2.17. The molecule has 46 heavy (non-hydrogen) atoms. The van der Waals surface area contributed by atoms with Gasteiger partial charge in [-0.25, -0.2) is 10.4 Å². The quantitative estimate of drug-likeness (QED) is 0.0787. The minimum Gasteiger partial charge on any atom is -0.490 e. The van der Waals surface area contributed by atoms with Crippen LogP contribution in [-0.4, -0.2) is 23.7 Å². The summed E-state index contributed by atoms with van der Waals surface area (Å²) < 4.78 is 13.1. The fourth-order valence-electron chi connectivity index (χ4n) is 4.88. The number of aryl methyl sites for hydroxylation is 1. The Kier molecular flexibility index (Phi) is 9.90. The van der Waals surface area contributed by atoms with Crippen molar-refractivity contribution in [1.82, 2.24) is 10.4 Å². The Bertz CT molecular complexity index is 2000. The highest BCUT2D eigenvalue weighted by Crippen LogP contribution is 2.35. The third-order valence-corrected chi connectivity index (χ3v) is 8.77. The zero-order valence-corrected chi connectivity index (χ0v) is 28.3. The number of hydrazone groups is 1. The minimum atomic E-state index is -0.308. The highest BCUT2D eigenvalue weighted by molar-refractivity contribution is 14.1. The van der Waals surface area contributed by atoms with E-state index in [0.29, 0.717) is 30.3 Å². The Morgan fingerprint density at radius 2 is 1.74 bits per heavy atom. The molecular weight excluding hydrogens is 707 g/mol. The van der Waals surface area contributed by atoms with Crippen molar-refractivity contribution in [3.05, 3.63) is 134 Å². The number of carbonyl (C=O) groups is 1. The van der Waals surface area contributed by atoms with E-state index in [2.05, 4.69) is 81.8 Å². The van der Waals surface area contributed by atoms with Gasteiger partial charge in [0.25, 0.3) is 5.91 Å². The molecule has 7 nitrogen and oxygen atoms in total. The number of hydrogen-bond acceptors (Lipinski definition) is 7. The van der Waals surface area contributed by atoms with Crippen LogP contribution in [0.1, 0.15) is 34.0 Å². The van der Waals surface area contributed by atoms with Gasteiger partial charge in [-0.1, -0.05) is 72.3 Å². The number of rotatable bonds is 11. The molecule has 0 aliphatic carbocycles. The molecule has 1 amide bonds. The molecule has 6 aromatic rings. The molecule has 0 atom stereocenters. The van der Waals surface area contributed by atoms with E-state index in [0.717, 1.165) is 42.2 Å². The molecule has 0 saturated carbocycles. The number of carbonyl (C=O) groups excluding carboxylic acids is 1. The Morgan fingerprint density at radius 3 is 2.54 bits per heavy atom. The van der Waals surface area contributed by atoms with Gasteiger partial charge in [-0.3, -0.25) is 4.79 Å². The molecule has 0 radical (unpaired) electrons. The maximum Gasteiger partial charge on any atom is 0.271 e. The molecule has 0 saturated heterocycles. The minimum absolute atomic E-state index is 0.308. The Hall–Kier alpha value is -4.74. The van der Waals surface area contributed by atoms with E-state index in [-0.39, 0.29) is 5.91 Å². The van der Waals surface area contributed by atoms with Crippen molar-refractivity contribution in [2.45, 2.75) is 20.5 Å². The molecule has 9 heteroatoms. The Labute approximate surface area is 285 Å². The number of anilines is 2. The van der Waals surface area contributed by atoms with E-state index in [4.69, 9.17) is 14.5 Å². The molecule has 1 heterocycles. The molecule has 6 rings (SSSR count). The van der Waals surface area contributed by atoms with Gasteiger partial charge in [-0.05, 0) is 94.7 Å². The topological polar surface area (TPSA) is 84.8 Å². The maximum atomic E-state index is 12.8. The lowest BCUT2D eigenvalue weighted by Gasteiger charge is -2.15. The zero-order chi connectivity index (χ0) is 31.9.